The fourth-order valence-corrected chi connectivity index (χ4v) is 3.56. The molecule has 4 rings (SSSR count). The molecule has 118 valence electrons. The molecule has 1 aliphatic heterocycles. The summed E-state index contributed by atoms with van der Waals surface area (Å²) in [5.41, 5.74) is 10.2. The van der Waals surface area contributed by atoms with Crippen molar-refractivity contribution in [3.63, 3.8) is 0 Å². The van der Waals surface area contributed by atoms with E-state index in [0.29, 0.717) is 0 Å². The molecule has 2 fully saturated rings. The van der Waals surface area contributed by atoms with Crippen LogP contribution in [0, 0.1) is 25.7 Å². The molecule has 2 aromatic rings. The number of furan rings is 1. The van der Waals surface area contributed by atoms with Crippen LogP contribution in [-0.2, 0) is 0 Å². The maximum absolute atomic E-state index is 6.47. The van der Waals surface area contributed by atoms with E-state index in [-0.39, 0.29) is 18.4 Å². The lowest BCUT2D eigenvalue weighted by Crippen LogP contribution is -2.25. The van der Waals surface area contributed by atoms with E-state index in [1.54, 1.807) is 0 Å². The van der Waals surface area contributed by atoms with Gasteiger partial charge in [0.15, 0.2) is 0 Å². The van der Waals surface area contributed by atoms with E-state index in [0.717, 1.165) is 23.4 Å². The van der Waals surface area contributed by atoms with Crippen molar-refractivity contribution < 1.29 is 4.42 Å². The van der Waals surface area contributed by atoms with Crippen LogP contribution in [0.2, 0.25) is 0 Å². The largest absolute Gasteiger partial charge is 0.464 e. The van der Waals surface area contributed by atoms with Gasteiger partial charge in [0.1, 0.15) is 11.5 Å². The fourth-order valence-electron chi connectivity index (χ4n) is 3.56. The summed E-state index contributed by atoms with van der Waals surface area (Å²) < 4.78 is 5.73. The van der Waals surface area contributed by atoms with Gasteiger partial charge in [-0.15, -0.1) is 12.4 Å². The Balaban J connectivity index is 0.00000144. The van der Waals surface area contributed by atoms with E-state index in [1.165, 1.54) is 36.3 Å². The van der Waals surface area contributed by atoms with E-state index >= 15 is 0 Å². The normalized spacial score (nSPS) is 23.9. The summed E-state index contributed by atoms with van der Waals surface area (Å²) in [6.45, 7) is 6.48. The van der Waals surface area contributed by atoms with Crippen LogP contribution in [0.1, 0.15) is 35.1 Å². The van der Waals surface area contributed by atoms with Gasteiger partial charge in [-0.05, 0) is 61.4 Å². The molecule has 1 saturated carbocycles. The Bertz CT molecular complexity index is 671. The number of hydrogen-bond donors (Lipinski definition) is 1. The Hall–Kier alpha value is -1.45. The highest BCUT2D eigenvalue weighted by Crippen LogP contribution is 2.47. The van der Waals surface area contributed by atoms with Gasteiger partial charge < -0.3 is 15.1 Å². The van der Waals surface area contributed by atoms with Gasteiger partial charge in [-0.3, -0.25) is 0 Å². The topological polar surface area (TPSA) is 42.4 Å². The van der Waals surface area contributed by atoms with Gasteiger partial charge in [0.2, 0.25) is 0 Å². The second-order valence-corrected chi connectivity index (χ2v) is 6.65. The van der Waals surface area contributed by atoms with Crippen LogP contribution in [0.5, 0.6) is 0 Å². The number of anilines is 1. The third-order valence-electron chi connectivity index (χ3n) is 4.91. The molecule has 0 amide bonds. The summed E-state index contributed by atoms with van der Waals surface area (Å²) in [6.07, 6.45) is 1.42. The minimum absolute atomic E-state index is 0. The molecule has 1 aromatic carbocycles. The molecule has 0 spiro atoms. The third-order valence-corrected chi connectivity index (χ3v) is 4.91. The average molecular weight is 319 g/mol. The first kappa shape index (κ1) is 15.4. The summed E-state index contributed by atoms with van der Waals surface area (Å²) in [5, 5.41) is 0. The Kier molecular flexibility index (Phi) is 3.96. The highest BCUT2D eigenvalue weighted by atomic mass is 35.5. The lowest BCUT2D eigenvalue weighted by atomic mass is 10.0. The molecular weight excluding hydrogens is 296 g/mol. The van der Waals surface area contributed by atoms with Gasteiger partial charge >= 0.3 is 0 Å². The molecule has 0 bridgehead atoms. The minimum Gasteiger partial charge on any atom is -0.464 e. The average Bonchev–Trinajstić information content (AvgIpc) is 2.86. The van der Waals surface area contributed by atoms with Crippen LogP contribution in [0.25, 0.3) is 0 Å². The van der Waals surface area contributed by atoms with Crippen LogP contribution < -0.4 is 10.6 Å². The molecule has 3 unspecified atom stereocenters. The van der Waals surface area contributed by atoms with E-state index in [1.807, 2.05) is 19.1 Å². The monoisotopic (exact) mass is 318 g/mol. The summed E-state index contributed by atoms with van der Waals surface area (Å²) in [4.78, 5) is 2.51. The molecule has 4 heteroatoms. The molecule has 0 radical (unpaired) electrons. The first-order valence-electron chi connectivity index (χ1n) is 7.79. The van der Waals surface area contributed by atoms with Crippen LogP contribution in [0.15, 0.2) is 34.7 Å². The number of piperidine rings is 1. The minimum atomic E-state index is -0.189. The van der Waals surface area contributed by atoms with Crippen molar-refractivity contribution in [3.8, 4) is 0 Å². The molecule has 22 heavy (non-hydrogen) atoms. The molecule has 1 aromatic heterocycles. The zero-order valence-corrected chi connectivity index (χ0v) is 13.9. The number of benzene rings is 1. The first-order valence-corrected chi connectivity index (χ1v) is 7.79. The molecule has 2 aliphatic rings. The van der Waals surface area contributed by atoms with Gasteiger partial charge in [0.25, 0.3) is 0 Å². The zero-order valence-electron chi connectivity index (χ0n) is 13.1. The van der Waals surface area contributed by atoms with E-state index in [4.69, 9.17) is 10.2 Å². The van der Waals surface area contributed by atoms with Crippen molar-refractivity contribution in [2.24, 2.45) is 17.6 Å². The highest BCUT2D eigenvalue weighted by molar-refractivity contribution is 5.85. The molecule has 3 atom stereocenters. The van der Waals surface area contributed by atoms with Crippen molar-refractivity contribution in [2.45, 2.75) is 26.3 Å². The van der Waals surface area contributed by atoms with Gasteiger partial charge in [0, 0.05) is 18.8 Å². The molecule has 2 heterocycles. The second-order valence-electron chi connectivity index (χ2n) is 6.65. The summed E-state index contributed by atoms with van der Waals surface area (Å²) in [5.74, 6) is 3.60. The number of hydrogen-bond acceptors (Lipinski definition) is 3. The lowest BCUT2D eigenvalue weighted by molar-refractivity contribution is 0.466. The van der Waals surface area contributed by atoms with Crippen molar-refractivity contribution in [1.29, 1.82) is 0 Å². The Morgan fingerprint density at radius 2 is 1.86 bits per heavy atom. The Labute approximate surface area is 137 Å². The quantitative estimate of drug-likeness (QED) is 0.935. The number of halogens is 1. The number of rotatable bonds is 3. The summed E-state index contributed by atoms with van der Waals surface area (Å²) in [7, 11) is 0. The Morgan fingerprint density at radius 1 is 1.14 bits per heavy atom. The van der Waals surface area contributed by atoms with Gasteiger partial charge in [-0.2, -0.15) is 0 Å². The standard InChI is InChI=1S/C18H22N2O.ClH/c1-11-3-5-15(18(19)17-6-4-12(2)21-17)16(7-11)20-9-13-8-14(13)10-20;/h3-7,13-14,18H,8-10,19H2,1-2H3;1H. The molecular formula is C18H23ClN2O. The van der Waals surface area contributed by atoms with Crippen molar-refractivity contribution in [1.82, 2.24) is 0 Å². The molecule has 1 aliphatic carbocycles. The van der Waals surface area contributed by atoms with Crippen molar-refractivity contribution in [2.75, 3.05) is 18.0 Å². The SMILES string of the molecule is Cc1ccc(C(N)c2ccc(C)o2)c(N2CC3CC3C2)c1.Cl. The van der Waals surface area contributed by atoms with Crippen molar-refractivity contribution >= 4 is 18.1 Å². The lowest BCUT2D eigenvalue weighted by Gasteiger charge is -2.26. The van der Waals surface area contributed by atoms with E-state index in [9.17, 15) is 0 Å². The maximum atomic E-state index is 6.47. The van der Waals surface area contributed by atoms with Crippen LogP contribution in [0.3, 0.4) is 0 Å². The number of fused-ring (bicyclic) bond motifs is 1. The smallest absolute Gasteiger partial charge is 0.125 e. The van der Waals surface area contributed by atoms with Gasteiger partial charge in [-0.1, -0.05) is 12.1 Å². The summed E-state index contributed by atoms with van der Waals surface area (Å²) in [6, 6.07) is 10.4. The molecule has 2 N–H and O–H groups in total. The summed E-state index contributed by atoms with van der Waals surface area (Å²) >= 11 is 0. The number of aryl methyl sites for hydroxylation is 2. The predicted molar refractivity (Wildman–Crippen MR) is 91.7 cm³/mol. The third kappa shape index (κ3) is 2.64. The predicted octanol–water partition coefficient (Wildman–Crippen LogP) is 3.82. The van der Waals surface area contributed by atoms with E-state index < -0.39 is 0 Å². The molecule has 1 saturated heterocycles. The van der Waals surface area contributed by atoms with E-state index in [2.05, 4.69) is 30.0 Å². The number of nitrogens with two attached hydrogens (primary N) is 1. The fraction of sp³-hybridized carbons (Fsp3) is 0.444. The zero-order chi connectivity index (χ0) is 14.6. The second kappa shape index (κ2) is 5.64. The Morgan fingerprint density at radius 3 is 2.50 bits per heavy atom. The van der Waals surface area contributed by atoms with Gasteiger partial charge in [0.05, 0.1) is 6.04 Å². The maximum Gasteiger partial charge on any atom is 0.125 e. The highest BCUT2D eigenvalue weighted by Gasteiger charge is 2.45. The van der Waals surface area contributed by atoms with Crippen LogP contribution >= 0.6 is 12.4 Å². The molecule has 3 nitrogen and oxygen atoms in total. The van der Waals surface area contributed by atoms with Crippen LogP contribution in [0.4, 0.5) is 5.69 Å². The van der Waals surface area contributed by atoms with Crippen LogP contribution in [-0.4, -0.2) is 13.1 Å². The first-order chi connectivity index (χ1) is 10.1. The number of nitrogens with zero attached hydrogens (tertiary/aromatic N) is 1. The van der Waals surface area contributed by atoms with Crippen molar-refractivity contribution in [3.05, 3.63) is 53.0 Å². The van der Waals surface area contributed by atoms with Gasteiger partial charge in [-0.25, -0.2) is 0 Å².